The van der Waals surface area contributed by atoms with Gasteiger partial charge in [-0.3, -0.25) is 9.36 Å². The van der Waals surface area contributed by atoms with Gasteiger partial charge in [0.2, 0.25) is 0 Å². The minimum atomic E-state index is -0.352. The lowest BCUT2D eigenvalue weighted by Crippen LogP contribution is -2.29. The molecule has 5 heteroatoms. The van der Waals surface area contributed by atoms with Crippen molar-refractivity contribution in [2.24, 2.45) is 0 Å². The zero-order valence-corrected chi connectivity index (χ0v) is 15.7. The number of rotatable bonds is 4. The largest absolute Gasteiger partial charge is 0.335 e. The van der Waals surface area contributed by atoms with E-state index in [4.69, 9.17) is 0 Å². The predicted octanol–water partition coefficient (Wildman–Crippen LogP) is 5.00. The number of halogens is 1. The summed E-state index contributed by atoms with van der Waals surface area (Å²) in [4.78, 5) is 18.8. The van der Waals surface area contributed by atoms with Crippen LogP contribution >= 0.6 is 0 Å². The number of para-hydroxylation sites is 2. The highest BCUT2D eigenvalue weighted by Gasteiger charge is 2.19. The Morgan fingerprint density at radius 2 is 1.68 bits per heavy atom. The van der Waals surface area contributed by atoms with Crippen LogP contribution in [-0.4, -0.2) is 27.4 Å². The third-order valence-electron chi connectivity index (χ3n) is 5.10. The maximum Gasteiger partial charge on any atom is 0.254 e. The van der Waals surface area contributed by atoms with Crippen LogP contribution in [0.1, 0.15) is 28.9 Å². The molecule has 0 bridgehead atoms. The molecule has 1 aromatic heterocycles. The smallest absolute Gasteiger partial charge is 0.254 e. The second-order valence-corrected chi connectivity index (χ2v) is 6.79. The van der Waals surface area contributed by atoms with Crippen LogP contribution in [0, 0.1) is 5.82 Å². The second-order valence-electron chi connectivity index (χ2n) is 6.79. The molecule has 0 spiro atoms. The van der Waals surface area contributed by atoms with E-state index in [1.165, 1.54) is 24.3 Å². The Morgan fingerprint density at radius 3 is 2.39 bits per heavy atom. The molecule has 28 heavy (non-hydrogen) atoms. The molecule has 1 amide bonds. The summed E-state index contributed by atoms with van der Waals surface area (Å²) in [6, 6.07) is 21.6. The lowest BCUT2D eigenvalue weighted by molar-refractivity contribution is 0.0742. The van der Waals surface area contributed by atoms with Crippen LogP contribution in [0.15, 0.2) is 79.1 Å². The second kappa shape index (κ2) is 7.27. The molecule has 0 fully saturated rings. The van der Waals surface area contributed by atoms with Crippen molar-refractivity contribution in [3.63, 3.8) is 0 Å². The molecule has 0 aliphatic carbocycles. The maximum atomic E-state index is 13.1. The standard InChI is InChI=1S/C23H20FN3O/c1-16(26(2)23(28)18-7-11-19(24)12-8-18)17-9-13-20(14-10-17)27-15-25-21-5-3-4-6-22(21)27/h3-16H,1-2H3/t16-/m1/s1. The molecule has 0 aliphatic rings. The Balaban J connectivity index is 1.56. The van der Waals surface area contributed by atoms with Crippen LogP contribution in [0.25, 0.3) is 16.7 Å². The first-order valence-corrected chi connectivity index (χ1v) is 9.10. The molecule has 3 aromatic carbocycles. The molecule has 4 nitrogen and oxygen atoms in total. The van der Waals surface area contributed by atoms with Crippen molar-refractivity contribution in [1.29, 1.82) is 0 Å². The van der Waals surface area contributed by atoms with Gasteiger partial charge >= 0.3 is 0 Å². The van der Waals surface area contributed by atoms with E-state index in [0.29, 0.717) is 5.56 Å². The zero-order chi connectivity index (χ0) is 19.7. The number of hydrogen-bond donors (Lipinski definition) is 0. The molecule has 0 saturated heterocycles. The van der Waals surface area contributed by atoms with Gasteiger partial charge in [-0.25, -0.2) is 9.37 Å². The summed E-state index contributed by atoms with van der Waals surface area (Å²) >= 11 is 0. The Morgan fingerprint density at radius 1 is 1.00 bits per heavy atom. The number of fused-ring (bicyclic) bond motifs is 1. The molecule has 0 aliphatic heterocycles. The molecule has 1 heterocycles. The number of imidazole rings is 1. The summed E-state index contributed by atoms with van der Waals surface area (Å²) in [5, 5.41) is 0. The summed E-state index contributed by atoms with van der Waals surface area (Å²) in [7, 11) is 1.76. The molecule has 0 saturated carbocycles. The molecule has 4 aromatic rings. The van der Waals surface area contributed by atoms with Crippen LogP contribution < -0.4 is 0 Å². The number of nitrogens with zero attached hydrogens (tertiary/aromatic N) is 3. The van der Waals surface area contributed by atoms with Crippen molar-refractivity contribution in [1.82, 2.24) is 14.5 Å². The predicted molar refractivity (Wildman–Crippen MR) is 108 cm³/mol. The number of amides is 1. The fraction of sp³-hybridized carbons (Fsp3) is 0.130. The van der Waals surface area contributed by atoms with Crippen molar-refractivity contribution in [3.05, 3.63) is 96.1 Å². The number of aromatic nitrogens is 2. The van der Waals surface area contributed by atoms with Crippen molar-refractivity contribution >= 4 is 16.9 Å². The molecule has 0 radical (unpaired) electrons. The highest BCUT2D eigenvalue weighted by Crippen LogP contribution is 2.24. The van der Waals surface area contributed by atoms with Gasteiger partial charge in [0.15, 0.2) is 0 Å². The van der Waals surface area contributed by atoms with E-state index in [2.05, 4.69) is 4.98 Å². The fourth-order valence-corrected chi connectivity index (χ4v) is 3.27. The SMILES string of the molecule is C[C@H](c1ccc(-n2cnc3ccccc32)cc1)N(C)C(=O)c1ccc(F)cc1. The van der Waals surface area contributed by atoms with Crippen molar-refractivity contribution in [2.75, 3.05) is 7.05 Å². The van der Waals surface area contributed by atoms with E-state index in [-0.39, 0.29) is 17.8 Å². The minimum Gasteiger partial charge on any atom is -0.335 e. The third kappa shape index (κ3) is 3.27. The Hall–Kier alpha value is -3.47. The number of hydrogen-bond acceptors (Lipinski definition) is 2. The van der Waals surface area contributed by atoms with Gasteiger partial charge < -0.3 is 4.90 Å². The van der Waals surface area contributed by atoms with Crippen molar-refractivity contribution in [2.45, 2.75) is 13.0 Å². The van der Waals surface area contributed by atoms with Crippen LogP contribution in [0.5, 0.6) is 0 Å². The van der Waals surface area contributed by atoms with Gasteiger partial charge in [0.1, 0.15) is 12.1 Å². The monoisotopic (exact) mass is 373 g/mol. The van der Waals surface area contributed by atoms with Crippen LogP contribution in [-0.2, 0) is 0 Å². The number of carbonyl (C=O) groups excluding carboxylic acids is 1. The third-order valence-corrected chi connectivity index (χ3v) is 5.10. The highest BCUT2D eigenvalue weighted by molar-refractivity contribution is 5.94. The maximum absolute atomic E-state index is 13.1. The summed E-state index contributed by atoms with van der Waals surface area (Å²) in [5.74, 6) is -0.493. The van der Waals surface area contributed by atoms with Crippen LogP contribution in [0.3, 0.4) is 0 Å². The summed E-state index contributed by atoms with van der Waals surface area (Å²) < 4.78 is 15.1. The summed E-state index contributed by atoms with van der Waals surface area (Å²) in [6.45, 7) is 1.98. The van der Waals surface area contributed by atoms with E-state index in [1.807, 2.05) is 66.3 Å². The topological polar surface area (TPSA) is 38.1 Å². The highest BCUT2D eigenvalue weighted by atomic mass is 19.1. The minimum absolute atomic E-state index is 0.119. The molecule has 0 N–H and O–H groups in total. The number of carbonyl (C=O) groups is 1. The Kier molecular flexibility index (Phi) is 4.65. The Labute approximate surface area is 162 Å². The first-order valence-electron chi connectivity index (χ1n) is 9.10. The van der Waals surface area contributed by atoms with Gasteiger partial charge in [-0.15, -0.1) is 0 Å². The van der Waals surface area contributed by atoms with E-state index in [1.54, 1.807) is 11.9 Å². The van der Waals surface area contributed by atoms with Crippen molar-refractivity contribution < 1.29 is 9.18 Å². The summed E-state index contributed by atoms with van der Waals surface area (Å²) in [5.41, 5.74) is 4.50. The number of benzene rings is 3. The van der Waals surface area contributed by atoms with Gasteiger partial charge in [0.05, 0.1) is 17.1 Å². The molecular formula is C23H20FN3O. The molecule has 1 atom stereocenters. The van der Waals surface area contributed by atoms with Crippen LogP contribution in [0.2, 0.25) is 0 Å². The lowest BCUT2D eigenvalue weighted by atomic mass is 10.1. The van der Waals surface area contributed by atoms with Gasteiger partial charge in [0.25, 0.3) is 5.91 Å². The average Bonchev–Trinajstić information content (AvgIpc) is 3.17. The molecule has 0 unspecified atom stereocenters. The van der Waals surface area contributed by atoms with Crippen molar-refractivity contribution in [3.8, 4) is 5.69 Å². The van der Waals surface area contributed by atoms with Gasteiger partial charge in [-0.2, -0.15) is 0 Å². The molecule has 140 valence electrons. The van der Waals surface area contributed by atoms with E-state index in [9.17, 15) is 9.18 Å². The van der Waals surface area contributed by atoms with Crippen LogP contribution in [0.4, 0.5) is 4.39 Å². The van der Waals surface area contributed by atoms with E-state index in [0.717, 1.165) is 22.3 Å². The first-order chi connectivity index (χ1) is 13.5. The molecular weight excluding hydrogens is 353 g/mol. The average molecular weight is 373 g/mol. The zero-order valence-electron chi connectivity index (χ0n) is 15.7. The molecule has 4 rings (SSSR count). The summed E-state index contributed by atoms with van der Waals surface area (Å²) in [6.07, 6.45) is 1.81. The fourth-order valence-electron chi connectivity index (χ4n) is 3.27. The van der Waals surface area contributed by atoms with Gasteiger partial charge in [-0.05, 0) is 61.0 Å². The Bertz CT molecular complexity index is 1120. The quantitative estimate of drug-likeness (QED) is 0.505. The van der Waals surface area contributed by atoms with Gasteiger partial charge in [-0.1, -0.05) is 24.3 Å². The lowest BCUT2D eigenvalue weighted by Gasteiger charge is -2.25. The van der Waals surface area contributed by atoms with E-state index < -0.39 is 0 Å². The van der Waals surface area contributed by atoms with E-state index >= 15 is 0 Å². The first kappa shape index (κ1) is 17.9. The van der Waals surface area contributed by atoms with Gasteiger partial charge in [0, 0.05) is 18.3 Å². The normalized spacial score (nSPS) is 12.1.